The van der Waals surface area contributed by atoms with E-state index in [-0.39, 0.29) is 24.5 Å². The molecule has 0 aromatic carbocycles. The summed E-state index contributed by atoms with van der Waals surface area (Å²) >= 11 is 0. The zero-order valence-corrected chi connectivity index (χ0v) is 18.9. The van der Waals surface area contributed by atoms with Gasteiger partial charge in [0.05, 0.1) is 36.7 Å². The lowest BCUT2D eigenvalue weighted by atomic mass is 10.2. The van der Waals surface area contributed by atoms with Crippen LogP contribution in [0.4, 0.5) is 10.2 Å². The Morgan fingerprint density at radius 3 is 2.85 bits per heavy atom. The molecule has 1 saturated carbocycles. The maximum absolute atomic E-state index is 12.9. The van der Waals surface area contributed by atoms with Gasteiger partial charge in [0.15, 0.2) is 0 Å². The highest BCUT2D eigenvalue weighted by atomic mass is 19.1. The number of carbonyl (C=O) groups is 1. The number of nitrogens with one attached hydrogen (secondary N) is 2. The first kappa shape index (κ1) is 20.4. The van der Waals surface area contributed by atoms with Crippen LogP contribution >= 0.6 is 0 Å². The molecule has 1 amide bonds. The Hall–Kier alpha value is -3.23. The summed E-state index contributed by atoms with van der Waals surface area (Å²) in [4.78, 5) is 19.8. The lowest BCUT2D eigenvalue weighted by Gasteiger charge is -2.21. The van der Waals surface area contributed by atoms with Gasteiger partial charge in [-0.25, -0.2) is 4.98 Å². The van der Waals surface area contributed by atoms with Crippen molar-refractivity contribution in [2.45, 2.75) is 39.3 Å². The van der Waals surface area contributed by atoms with Crippen molar-refractivity contribution in [2.24, 2.45) is 17.8 Å². The monoisotopic (exact) mass is 449 g/mol. The van der Waals surface area contributed by atoms with Gasteiger partial charge in [-0.05, 0) is 61.6 Å². The molecule has 0 radical (unpaired) electrons. The number of halogens is 1. The third-order valence-electron chi connectivity index (χ3n) is 7.71. The number of pyridine rings is 1. The maximum atomic E-state index is 12.9. The molecule has 8 nitrogen and oxygen atoms in total. The fraction of sp³-hybridized carbons (Fsp3) is 0.500. The molecule has 4 atom stereocenters. The molecule has 33 heavy (non-hydrogen) atoms. The van der Waals surface area contributed by atoms with E-state index in [9.17, 15) is 9.18 Å². The average Bonchev–Trinajstić information content (AvgIpc) is 3.36. The Kier molecular flexibility index (Phi) is 4.74. The minimum absolute atomic E-state index is 0.0587. The number of fused-ring (bicyclic) bond motifs is 2. The number of aryl methyl sites for hydroxylation is 2. The third kappa shape index (κ3) is 3.50. The molecule has 1 aliphatic heterocycles. The van der Waals surface area contributed by atoms with Gasteiger partial charge in [0.2, 0.25) is 0 Å². The Labute approximate surface area is 191 Å². The van der Waals surface area contributed by atoms with Gasteiger partial charge in [-0.1, -0.05) is 6.07 Å². The summed E-state index contributed by atoms with van der Waals surface area (Å²) < 4.78 is 14.7. The van der Waals surface area contributed by atoms with Crippen molar-refractivity contribution >= 4 is 11.7 Å². The molecular weight excluding hydrogens is 421 g/mol. The molecule has 4 heterocycles. The van der Waals surface area contributed by atoms with Gasteiger partial charge in [-0.3, -0.25) is 19.0 Å². The highest BCUT2D eigenvalue weighted by Gasteiger charge is 2.55. The fourth-order valence-corrected chi connectivity index (χ4v) is 5.61. The van der Waals surface area contributed by atoms with Crippen LogP contribution in [-0.4, -0.2) is 50.6 Å². The highest BCUT2D eigenvalue weighted by Crippen LogP contribution is 2.52. The number of alkyl halides is 1. The quantitative estimate of drug-likeness (QED) is 0.604. The molecule has 3 aliphatic rings. The summed E-state index contributed by atoms with van der Waals surface area (Å²) in [6.07, 6.45) is 5.19. The van der Waals surface area contributed by atoms with E-state index in [0.29, 0.717) is 23.9 Å². The number of anilines is 1. The van der Waals surface area contributed by atoms with Gasteiger partial charge in [-0.15, -0.1) is 0 Å². The second-order valence-corrected chi connectivity index (χ2v) is 9.67. The Balaban J connectivity index is 1.09. The number of aromatic nitrogens is 5. The van der Waals surface area contributed by atoms with E-state index in [1.807, 2.05) is 19.9 Å². The lowest BCUT2D eigenvalue weighted by molar-refractivity contribution is 0.0936. The minimum atomic E-state index is -0.192. The lowest BCUT2D eigenvalue weighted by Crippen LogP contribution is -2.27. The predicted octanol–water partition coefficient (Wildman–Crippen LogP) is 2.74. The number of rotatable bonds is 6. The number of H-pyrrole nitrogens is 1. The van der Waals surface area contributed by atoms with Crippen molar-refractivity contribution in [3.8, 4) is 0 Å². The SMILES string of the molecule is Cc1nc(N2C[C@@H]3[C@H](CF)[C@@H]3C2)ccc1Cn1cc(C(=O)N[C@@H]2CCc3c2n[nH]c3C)cn1. The fourth-order valence-electron chi connectivity index (χ4n) is 5.61. The van der Waals surface area contributed by atoms with Crippen molar-refractivity contribution in [3.63, 3.8) is 0 Å². The van der Waals surface area contributed by atoms with E-state index >= 15 is 0 Å². The molecule has 172 valence electrons. The van der Waals surface area contributed by atoms with Crippen LogP contribution < -0.4 is 10.2 Å². The average molecular weight is 450 g/mol. The standard InChI is InChI=1S/C24H28FN7O/c1-13-15(3-6-22(27-13)31-11-19-18(7-25)20(19)12-31)9-32-10-16(8-26-32)24(33)28-21-5-4-17-14(2)29-30-23(17)21/h3,6,8,10,18-21H,4-5,7,9,11-12H2,1-2H3,(H,28,33)(H,29,30)/t18-,19+,20-,21-/m1/s1. The molecule has 0 spiro atoms. The molecule has 9 heteroatoms. The molecule has 2 N–H and O–H groups in total. The highest BCUT2D eigenvalue weighted by molar-refractivity contribution is 5.94. The Bertz CT molecular complexity index is 1210. The first-order valence-electron chi connectivity index (χ1n) is 11.7. The molecule has 6 rings (SSSR count). The maximum Gasteiger partial charge on any atom is 0.255 e. The number of nitrogens with zero attached hydrogens (tertiary/aromatic N) is 5. The van der Waals surface area contributed by atoms with Crippen LogP contribution in [-0.2, 0) is 13.0 Å². The summed E-state index contributed by atoms with van der Waals surface area (Å²) in [5, 5.41) is 14.8. The van der Waals surface area contributed by atoms with Crippen LogP contribution in [0.25, 0.3) is 0 Å². The van der Waals surface area contributed by atoms with Crippen molar-refractivity contribution < 1.29 is 9.18 Å². The molecule has 3 aromatic rings. The van der Waals surface area contributed by atoms with Gasteiger partial charge < -0.3 is 10.2 Å². The number of aromatic amines is 1. The van der Waals surface area contributed by atoms with Gasteiger partial charge in [0, 0.05) is 30.7 Å². The number of hydrogen-bond donors (Lipinski definition) is 2. The summed E-state index contributed by atoms with van der Waals surface area (Å²) in [6.45, 7) is 6.18. The van der Waals surface area contributed by atoms with Crippen LogP contribution in [0.15, 0.2) is 24.5 Å². The predicted molar refractivity (Wildman–Crippen MR) is 121 cm³/mol. The van der Waals surface area contributed by atoms with Crippen LogP contribution in [0.5, 0.6) is 0 Å². The van der Waals surface area contributed by atoms with E-state index in [4.69, 9.17) is 4.98 Å². The molecule has 3 aromatic heterocycles. The van der Waals surface area contributed by atoms with Gasteiger partial charge in [0.1, 0.15) is 5.82 Å². The number of hydrogen-bond acceptors (Lipinski definition) is 5. The normalized spacial score (nSPS) is 25.2. The smallest absolute Gasteiger partial charge is 0.255 e. The van der Waals surface area contributed by atoms with Crippen LogP contribution in [0, 0.1) is 31.6 Å². The van der Waals surface area contributed by atoms with Crippen LogP contribution in [0.3, 0.4) is 0 Å². The van der Waals surface area contributed by atoms with Gasteiger partial charge in [0.25, 0.3) is 5.91 Å². The first-order chi connectivity index (χ1) is 16.0. The zero-order valence-electron chi connectivity index (χ0n) is 18.9. The van der Waals surface area contributed by atoms with Crippen molar-refractivity contribution in [2.75, 3.05) is 24.7 Å². The second-order valence-electron chi connectivity index (χ2n) is 9.67. The summed E-state index contributed by atoms with van der Waals surface area (Å²) in [5.74, 6) is 2.10. The summed E-state index contributed by atoms with van der Waals surface area (Å²) in [5.41, 5.74) is 5.80. The van der Waals surface area contributed by atoms with Gasteiger partial charge >= 0.3 is 0 Å². The van der Waals surface area contributed by atoms with E-state index in [2.05, 4.69) is 31.6 Å². The molecular formula is C24H28FN7O. The van der Waals surface area contributed by atoms with Crippen LogP contribution in [0.2, 0.25) is 0 Å². The van der Waals surface area contributed by atoms with E-state index in [1.54, 1.807) is 17.1 Å². The third-order valence-corrected chi connectivity index (χ3v) is 7.71. The number of amides is 1. The number of carbonyl (C=O) groups excluding carboxylic acids is 1. The topological polar surface area (TPSA) is 91.7 Å². The van der Waals surface area contributed by atoms with E-state index in [1.165, 1.54) is 5.56 Å². The van der Waals surface area contributed by atoms with Gasteiger partial charge in [-0.2, -0.15) is 10.2 Å². The Morgan fingerprint density at radius 1 is 1.27 bits per heavy atom. The van der Waals surface area contributed by atoms with Crippen molar-refractivity contribution in [1.82, 2.24) is 30.3 Å². The molecule has 1 saturated heterocycles. The molecule has 0 unspecified atom stereocenters. The summed E-state index contributed by atoms with van der Waals surface area (Å²) in [7, 11) is 0. The van der Waals surface area contributed by atoms with Crippen molar-refractivity contribution in [3.05, 3.63) is 58.3 Å². The summed E-state index contributed by atoms with van der Waals surface area (Å²) in [6, 6.07) is 4.06. The van der Waals surface area contributed by atoms with E-state index in [0.717, 1.165) is 54.4 Å². The number of piperidine rings is 1. The Morgan fingerprint density at radius 2 is 2.09 bits per heavy atom. The largest absolute Gasteiger partial charge is 0.356 e. The second kappa shape index (κ2) is 7.67. The zero-order chi connectivity index (χ0) is 22.7. The first-order valence-corrected chi connectivity index (χ1v) is 11.7. The van der Waals surface area contributed by atoms with Crippen LogP contribution in [0.1, 0.15) is 51.0 Å². The molecule has 0 bridgehead atoms. The van der Waals surface area contributed by atoms with E-state index < -0.39 is 0 Å². The van der Waals surface area contributed by atoms with Crippen molar-refractivity contribution in [1.29, 1.82) is 0 Å². The minimum Gasteiger partial charge on any atom is -0.356 e. The molecule has 2 aliphatic carbocycles. The molecule has 2 fully saturated rings.